The highest BCUT2D eigenvalue weighted by Crippen LogP contribution is 2.37. The van der Waals surface area contributed by atoms with E-state index in [1.807, 2.05) is 16.8 Å². The molecule has 2 fully saturated rings. The first kappa shape index (κ1) is 11.8. The van der Waals surface area contributed by atoms with E-state index in [4.69, 9.17) is 0 Å². The second-order valence-corrected chi connectivity index (χ2v) is 5.67. The van der Waals surface area contributed by atoms with Gasteiger partial charge in [0.05, 0.1) is 6.54 Å². The Bertz CT molecular complexity index is 507. The standard InChI is InChI=1S/C12H14BrN3O2/c13-8-5-10(16(6-8)9-1-2-9)12(18)15-4-3-14-11(17)7-15/h5-6,9H,1-4,7H2,(H,14,17). The van der Waals surface area contributed by atoms with Crippen LogP contribution >= 0.6 is 15.9 Å². The maximum absolute atomic E-state index is 12.4. The first-order chi connectivity index (χ1) is 8.65. The molecule has 1 aromatic heterocycles. The molecule has 0 unspecified atom stereocenters. The maximum Gasteiger partial charge on any atom is 0.271 e. The first-order valence-electron chi connectivity index (χ1n) is 6.08. The Balaban J connectivity index is 1.85. The Hall–Kier alpha value is -1.30. The number of aromatic nitrogens is 1. The van der Waals surface area contributed by atoms with Gasteiger partial charge in [-0.1, -0.05) is 0 Å². The lowest BCUT2D eigenvalue weighted by Crippen LogP contribution is -2.50. The molecule has 1 saturated carbocycles. The van der Waals surface area contributed by atoms with Gasteiger partial charge in [-0.25, -0.2) is 0 Å². The molecule has 96 valence electrons. The number of nitrogens with zero attached hydrogens (tertiary/aromatic N) is 2. The first-order valence-corrected chi connectivity index (χ1v) is 6.88. The number of carbonyl (C=O) groups excluding carboxylic acids is 2. The number of piperazine rings is 1. The molecular weight excluding hydrogens is 298 g/mol. The highest BCUT2D eigenvalue weighted by atomic mass is 79.9. The lowest BCUT2D eigenvalue weighted by atomic mass is 10.3. The van der Waals surface area contributed by atoms with Crippen molar-refractivity contribution in [2.45, 2.75) is 18.9 Å². The van der Waals surface area contributed by atoms with E-state index in [9.17, 15) is 9.59 Å². The molecule has 0 bridgehead atoms. The van der Waals surface area contributed by atoms with Gasteiger partial charge in [0.15, 0.2) is 0 Å². The van der Waals surface area contributed by atoms with E-state index in [1.54, 1.807) is 4.90 Å². The topological polar surface area (TPSA) is 54.3 Å². The number of nitrogens with one attached hydrogen (secondary N) is 1. The molecule has 3 rings (SSSR count). The van der Waals surface area contributed by atoms with Crippen LogP contribution in [0.25, 0.3) is 0 Å². The summed E-state index contributed by atoms with van der Waals surface area (Å²) in [4.78, 5) is 25.4. The smallest absolute Gasteiger partial charge is 0.271 e. The van der Waals surface area contributed by atoms with Crippen molar-refractivity contribution in [3.8, 4) is 0 Å². The van der Waals surface area contributed by atoms with Gasteiger partial charge in [0, 0.05) is 29.8 Å². The van der Waals surface area contributed by atoms with E-state index in [-0.39, 0.29) is 18.4 Å². The lowest BCUT2D eigenvalue weighted by molar-refractivity contribution is -0.123. The van der Waals surface area contributed by atoms with Crippen molar-refractivity contribution in [3.63, 3.8) is 0 Å². The molecule has 6 heteroatoms. The predicted octanol–water partition coefficient (Wildman–Crippen LogP) is 1.16. The Morgan fingerprint density at radius 2 is 2.22 bits per heavy atom. The highest BCUT2D eigenvalue weighted by molar-refractivity contribution is 9.10. The minimum absolute atomic E-state index is 0.0533. The quantitative estimate of drug-likeness (QED) is 0.891. The zero-order valence-electron chi connectivity index (χ0n) is 9.86. The molecule has 0 spiro atoms. The maximum atomic E-state index is 12.4. The molecule has 2 heterocycles. The Labute approximate surface area is 113 Å². The number of hydrogen-bond acceptors (Lipinski definition) is 2. The minimum Gasteiger partial charge on any atom is -0.353 e. The van der Waals surface area contributed by atoms with E-state index in [2.05, 4.69) is 21.2 Å². The Morgan fingerprint density at radius 3 is 2.89 bits per heavy atom. The largest absolute Gasteiger partial charge is 0.353 e. The third-order valence-electron chi connectivity index (χ3n) is 3.30. The summed E-state index contributed by atoms with van der Waals surface area (Å²) in [7, 11) is 0. The van der Waals surface area contributed by atoms with Gasteiger partial charge in [-0.15, -0.1) is 0 Å². The van der Waals surface area contributed by atoms with Gasteiger partial charge in [0.1, 0.15) is 5.69 Å². The van der Waals surface area contributed by atoms with Gasteiger partial charge in [-0.05, 0) is 34.8 Å². The number of carbonyl (C=O) groups is 2. The van der Waals surface area contributed by atoms with Crippen LogP contribution in [-0.4, -0.2) is 40.9 Å². The molecule has 2 amide bonds. The molecule has 0 aromatic carbocycles. The molecule has 0 radical (unpaired) electrons. The van der Waals surface area contributed by atoms with E-state index in [0.717, 1.165) is 17.3 Å². The monoisotopic (exact) mass is 311 g/mol. The number of amides is 2. The van der Waals surface area contributed by atoms with Crippen LogP contribution in [0.1, 0.15) is 29.4 Å². The second kappa shape index (κ2) is 4.42. The summed E-state index contributed by atoms with van der Waals surface area (Å²) in [6.45, 7) is 1.28. The van der Waals surface area contributed by atoms with Crippen LogP contribution < -0.4 is 5.32 Å². The van der Waals surface area contributed by atoms with Crippen molar-refractivity contribution in [2.75, 3.05) is 19.6 Å². The summed E-state index contributed by atoms with van der Waals surface area (Å²) in [5.74, 6) is -0.138. The van der Waals surface area contributed by atoms with Crippen LogP contribution in [0.15, 0.2) is 16.7 Å². The normalized spacial score (nSPS) is 19.8. The number of rotatable bonds is 2. The summed E-state index contributed by atoms with van der Waals surface area (Å²) >= 11 is 3.41. The van der Waals surface area contributed by atoms with Crippen LogP contribution in [0.3, 0.4) is 0 Å². The lowest BCUT2D eigenvalue weighted by Gasteiger charge is -2.27. The average Bonchev–Trinajstić information content (AvgIpc) is 3.12. The summed E-state index contributed by atoms with van der Waals surface area (Å²) in [5, 5.41) is 2.72. The minimum atomic E-state index is -0.0850. The fraction of sp³-hybridized carbons (Fsp3) is 0.500. The molecule has 1 aromatic rings. The van der Waals surface area contributed by atoms with Crippen molar-refractivity contribution in [1.82, 2.24) is 14.8 Å². The molecule has 1 N–H and O–H groups in total. The van der Waals surface area contributed by atoms with Gasteiger partial charge in [-0.3, -0.25) is 9.59 Å². The van der Waals surface area contributed by atoms with Gasteiger partial charge in [0.2, 0.25) is 5.91 Å². The molecule has 1 aliphatic heterocycles. The van der Waals surface area contributed by atoms with E-state index in [1.165, 1.54) is 0 Å². The molecule has 2 aliphatic rings. The van der Waals surface area contributed by atoms with Crippen LogP contribution in [-0.2, 0) is 4.79 Å². The van der Waals surface area contributed by atoms with Crippen molar-refractivity contribution in [2.24, 2.45) is 0 Å². The highest BCUT2D eigenvalue weighted by Gasteiger charge is 2.30. The summed E-state index contributed by atoms with van der Waals surface area (Å²) in [5.41, 5.74) is 0.680. The van der Waals surface area contributed by atoms with Gasteiger partial charge < -0.3 is 14.8 Å². The number of hydrogen-bond donors (Lipinski definition) is 1. The van der Waals surface area contributed by atoms with Crippen LogP contribution in [0, 0.1) is 0 Å². The molecular formula is C12H14BrN3O2. The van der Waals surface area contributed by atoms with Crippen molar-refractivity contribution >= 4 is 27.7 Å². The fourth-order valence-corrected chi connectivity index (χ4v) is 2.68. The van der Waals surface area contributed by atoms with Crippen molar-refractivity contribution in [1.29, 1.82) is 0 Å². The van der Waals surface area contributed by atoms with E-state index >= 15 is 0 Å². The molecule has 1 saturated heterocycles. The molecule has 18 heavy (non-hydrogen) atoms. The third-order valence-corrected chi connectivity index (χ3v) is 3.73. The average molecular weight is 312 g/mol. The number of halogens is 1. The fourth-order valence-electron chi connectivity index (χ4n) is 2.25. The van der Waals surface area contributed by atoms with Crippen LogP contribution in [0.4, 0.5) is 0 Å². The third kappa shape index (κ3) is 2.16. The van der Waals surface area contributed by atoms with Crippen molar-refractivity contribution in [3.05, 3.63) is 22.4 Å². The molecule has 0 atom stereocenters. The van der Waals surface area contributed by atoms with Crippen molar-refractivity contribution < 1.29 is 9.59 Å². The summed E-state index contributed by atoms with van der Waals surface area (Å²) in [6, 6.07) is 2.29. The summed E-state index contributed by atoms with van der Waals surface area (Å²) in [6.07, 6.45) is 4.21. The second-order valence-electron chi connectivity index (χ2n) is 4.76. The van der Waals surface area contributed by atoms with Gasteiger partial charge in [0.25, 0.3) is 5.91 Å². The molecule has 1 aliphatic carbocycles. The van der Waals surface area contributed by atoms with Crippen LogP contribution in [0.2, 0.25) is 0 Å². The van der Waals surface area contributed by atoms with Gasteiger partial charge >= 0.3 is 0 Å². The van der Waals surface area contributed by atoms with Gasteiger partial charge in [-0.2, -0.15) is 0 Å². The zero-order valence-corrected chi connectivity index (χ0v) is 11.4. The zero-order chi connectivity index (χ0) is 12.7. The SMILES string of the molecule is O=C1CN(C(=O)c2cc(Br)cn2C2CC2)CCN1. The van der Waals surface area contributed by atoms with Crippen LogP contribution in [0.5, 0.6) is 0 Å². The Kier molecular flexibility index (Phi) is 2.89. The predicted molar refractivity (Wildman–Crippen MR) is 69.3 cm³/mol. The van der Waals surface area contributed by atoms with E-state index in [0.29, 0.717) is 24.8 Å². The molecule has 5 nitrogen and oxygen atoms in total. The van der Waals surface area contributed by atoms with E-state index < -0.39 is 0 Å². The Morgan fingerprint density at radius 1 is 1.44 bits per heavy atom. The summed E-state index contributed by atoms with van der Waals surface area (Å²) < 4.78 is 2.94.